The topological polar surface area (TPSA) is 41.9 Å². The van der Waals surface area contributed by atoms with Crippen LogP contribution >= 0.6 is 11.6 Å². The summed E-state index contributed by atoms with van der Waals surface area (Å²) >= 11 is 5.89. The molecule has 1 heterocycles. The van der Waals surface area contributed by atoms with Gasteiger partial charge in [-0.25, -0.2) is 4.98 Å². The normalized spacial score (nSPS) is 11.6. The van der Waals surface area contributed by atoms with Crippen LogP contribution in [0.1, 0.15) is 25.2 Å². The number of nitrogens with zero attached hydrogens (tertiary/aromatic N) is 4. The molecule has 84 valence electrons. The van der Waals surface area contributed by atoms with Crippen LogP contribution in [-0.2, 0) is 0 Å². The molecule has 0 spiro atoms. The molecular formula is C10H17ClN4. The summed E-state index contributed by atoms with van der Waals surface area (Å²) in [4.78, 5) is 6.32. The molecule has 15 heavy (non-hydrogen) atoms. The minimum atomic E-state index is -0.176. The highest BCUT2D eigenvalue weighted by Crippen LogP contribution is 2.19. The molecule has 5 heteroatoms. The van der Waals surface area contributed by atoms with Gasteiger partial charge in [-0.15, -0.1) is 16.7 Å². The average Bonchev–Trinajstić information content (AvgIpc) is 2.21. The minimum Gasteiger partial charge on any atom is -0.336 e. The standard InChI is InChI=1S/C10H17ClN4/c1-7-8(2)13-14-9(12-7)15(5)10(3,4)6-11/h6H2,1-5H3. The lowest BCUT2D eigenvalue weighted by molar-refractivity contribution is 0.530. The maximum Gasteiger partial charge on any atom is 0.245 e. The number of hydrogen-bond acceptors (Lipinski definition) is 4. The van der Waals surface area contributed by atoms with E-state index in [4.69, 9.17) is 11.6 Å². The molecule has 0 aliphatic rings. The van der Waals surface area contributed by atoms with Gasteiger partial charge in [-0.05, 0) is 27.7 Å². The second-order valence-corrected chi connectivity index (χ2v) is 4.55. The van der Waals surface area contributed by atoms with E-state index in [2.05, 4.69) is 15.2 Å². The van der Waals surface area contributed by atoms with Gasteiger partial charge < -0.3 is 4.90 Å². The Balaban J connectivity index is 3.02. The van der Waals surface area contributed by atoms with E-state index in [1.54, 1.807) is 0 Å². The van der Waals surface area contributed by atoms with Gasteiger partial charge in [-0.3, -0.25) is 0 Å². The predicted molar refractivity (Wildman–Crippen MR) is 62.5 cm³/mol. The summed E-state index contributed by atoms with van der Waals surface area (Å²) in [5.41, 5.74) is 1.58. The first kappa shape index (κ1) is 12.2. The third-order valence-electron chi connectivity index (χ3n) is 2.62. The lowest BCUT2D eigenvalue weighted by Gasteiger charge is -2.33. The number of hydrogen-bond donors (Lipinski definition) is 0. The molecule has 0 aliphatic carbocycles. The van der Waals surface area contributed by atoms with E-state index in [1.807, 2.05) is 39.6 Å². The van der Waals surface area contributed by atoms with Crippen LogP contribution in [-0.4, -0.2) is 33.6 Å². The molecule has 1 aromatic rings. The van der Waals surface area contributed by atoms with Gasteiger partial charge in [0, 0.05) is 12.9 Å². The van der Waals surface area contributed by atoms with Gasteiger partial charge in [0.1, 0.15) is 0 Å². The fourth-order valence-corrected chi connectivity index (χ4v) is 1.13. The van der Waals surface area contributed by atoms with Crippen molar-refractivity contribution in [2.24, 2.45) is 0 Å². The Morgan fingerprint density at radius 3 is 2.27 bits per heavy atom. The molecule has 0 amide bonds. The second kappa shape index (κ2) is 4.31. The third-order valence-corrected chi connectivity index (χ3v) is 3.27. The van der Waals surface area contributed by atoms with Crippen LogP contribution in [0.4, 0.5) is 5.95 Å². The van der Waals surface area contributed by atoms with Crippen molar-refractivity contribution in [3.8, 4) is 0 Å². The van der Waals surface area contributed by atoms with Crippen molar-refractivity contribution in [1.29, 1.82) is 0 Å². The Morgan fingerprint density at radius 2 is 1.80 bits per heavy atom. The summed E-state index contributed by atoms with van der Waals surface area (Å²) < 4.78 is 0. The van der Waals surface area contributed by atoms with Crippen molar-refractivity contribution in [3.05, 3.63) is 11.4 Å². The Bertz CT molecular complexity index is 351. The van der Waals surface area contributed by atoms with Gasteiger partial charge in [0.15, 0.2) is 0 Å². The van der Waals surface area contributed by atoms with Gasteiger partial charge >= 0.3 is 0 Å². The van der Waals surface area contributed by atoms with Gasteiger partial charge in [-0.2, -0.15) is 5.10 Å². The maximum atomic E-state index is 5.89. The summed E-state index contributed by atoms with van der Waals surface area (Å²) in [7, 11) is 1.92. The first-order chi connectivity index (χ1) is 6.88. The van der Waals surface area contributed by atoms with Crippen LogP contribution in [0.25, 0.3) is 0 Å². The van der Waals surface area contributed by atoms with Gasteiger partial charge in [0.2, 0.25) is 5.95 Å². The molecule has 0 fully saturated rings. The van der Waals surface area contributed by atoms with E-state index in [0.717, 1.165) is 11.4 Å². The van der Waals surface area contributed by atoms with Crippen molar-refractivity contribution in [3.63, 3.8) is 0 Å². The zero-order valence-corrected chi connectivity index (χ0v) is 10.6. The van der Waals surface area contributed by atoms with Crippen LogP contribution in [0.2, 0.25) is 0 Å². The van der Waals surface area contributed by atoms with Crippen LogP contribution in [0.15, 0.2) is 0 Å². The number of anilines is 1. The number of alkyl halides is 1. The molecule has 0 atom stereocenters. The van der Waals surface area contributed by atoms with E-state index >= 15 is 0 Å². The molecule has 0 aromatic carbocycles. The van der Waals surface area contributed by atoms with Crippen LogP contribution in [0.3, 0.4) is 0 Å². The van der Waals surface area contributed by atoms with Crippen molar-refractivity contribution in [2.75, 3.05) is 17.8 Å². The van der Waals surface area contributed by atoms with Gasteiger partial charge in [0.25, 0.3) is 0 Å². The summed E-state index contributed by atoms with van der Waals surface area (Å²) in [5, 5.41) is 8.11. The van der Waals surface area contributed by atoms with Crippen LogP contribution in [0.5, 0.6) is 0 Å². The number of halogens is 1. The minimum absolute atomic E-state index is 0.176. The molecule has 0 radical (unpaired) electrons. The van der Waals surface area contributed by atoms with E-state index in [1.165, 1.54) is 0 Å². The summed E-state index contributed by atoms with van der Waals surface area (Å²) in [6.45, 7) is 7.90. The largest absolute Gasteiger partial charge is 0.336 e. The highest BCUT2D eigenvalue weighted by Gasteiger charge is 2.25. The summed E-state index contributed by atoms with van der Waals surface area (Å²) in [6, 6.07) is 0. The van der Waals surface area contributed by atoms with Crippen molar-refractivity contribution in [2.45, 2.75) is 33.2 Å². The molecular weight excluding hydrogens is 212 g/mol. The number of rotatable bonds is 3. The summed E-state index contributed by atoms with van der Waals surface area (Å²) in [5.74, 6) is 1.13. The fourth-order valence-electron chi connectivity index (χ4n) is 0.948. The molecule has 1 rings (SSSR count). The maximum absolute atomic E-state index is 5.89. The molecule has 0 aliphatic heterocycles. The van der Waals surface area contributed by atoms with Crippen molar-refractivity contribution in [1.82, 2.24) is 15.2 Å². The summed E-state index contributed by atoms with van der Waals surface area (Å²) in [6.07, 6.45) is 0. The Morgan fingerprint density at radius 1 is 1.20 bits per heavy atom. The van der Waals surface area contributed by atoms with Crippen LogP contribution < -0.4 is 4.90 Å². The molecule has 1 aromatic heterocycles. The van der Waals surface area contributed by atoms with E-state index in [9.17, 15) is 0 Å². The smallest absolute Gasteiger partial charge is 0.245 e. The Kier molecular flexibility index (Phi) is 3.50. The Labute approximate surface area is 95.7 Å². The highest BCUT2D eigenvalue weighted by atomic mass is 35.5. The van der Waals surface area contributed by atoms with Gasteiger partial charge in [-0.1, -0.05) is 0 Å². The molecule has 0 saturated carbocycles. The second-order valence-electron chi connectivity index (χ2n) is 4.29. The zero-order valence-electron chi connectivity index (χ0n) is 9.87. The number of aryl methyl sites for hydroxylation is 2. The zero-order chi connectivity index (χ0) is 11.6. The lowest BCUT2D eigenvalue weighted by atomic mass is 10.1. The predicted octanol–water partition coefficient (Wildman–Crippen LogP) is 1.94. The van der Waals surface area contributed by atoms with E-state index in [0.29, 0.717) is 11.8 Å². The monoisotopic (exact) mass is 228 g/mol. The first-order valence-electron chi connectivity index (χ1n) is 4.86. The van der Waals surface area contributed by atoms with E-state index in [-0.39, 0.29) is 5.54 Å². The lowest BCUT2D eigenvalue weighted by Crippen LogP contribution is -2.44. The fraction of sp³-hybridized carbons (Fsp3) is 0.700. The highest BCUT2D eigenvalue weighted by molar-refractivity contribution is 6.18. The van der Waals surface area contributed by atoms with Crippen molar-refractivity contribution < 1.29 is 0 Å². The third kappa shape index (κ3) is 2.56. The van der Waals surface area contributed by atoms with Crippen molar-refractivity contribution >= 4 is 17.5 Å². The molecule has 4 nitrogen and oxygen atoms in total. The quantitative estimate of drug-likeness (QED) is 0.742. The van der Waals surface area contributed by atoms with Gasteiger partial charge in [0.05, 0.1) is 16.9 Å². The average molecular weight is 229 g/mol. The SMILES string of the molecule is Cc1nnc(N(C)C(C)(C)CCl)nc1C. The van der Waals surface area contributed by atoms with Crippen LogP contribution in [0, 0.1) is 13.8 Å². The molecule has 0 N–H and O–H groups in total. The Hall–Kier alpha value is -0.900. The molecule has 0 bridgehead atoms. The molecule has 0 saturated heterocycles. The number of aromatic nitrogens is 3. The first-order valence-corrected chi connectivity index (χ1v) is 5.39. The van der Waals surface area contributed by atoms with E-state index < -0.39 is 0 Å². The molecule has 0 unspecified atom stereocenters.